The van der Waals surface area contributed by atoms with Crippen LogP contribution in [0, 0.1) is 0 Å². The summed E-state index contributed by atoms with van der Waals surface area (Å²) in [5, 5.41) is 8.88. The lowest BCUT2D eigenvalue weighted by Crippen LogP contribution is -2.53. The van der Waals surface area contributed by atoms with Crippen molar-refractivity contribution in [3.05, 3.63) is 0 Å². The molecule has 0 rings (SSSR count). The van der Waals surface area contributed by atoms with Crippen molar-refractivity contribution >= 4 is 17.7 Å². The third kappa shape index (κ3) is 9.64. The van der Waals surface area contributed by atoms with Gasteiger partial charge in [-0.2, -0.15) is 38.1 Å². The highest BCUT2D eigenvalue weighted by molar-refractivity contribution is 7.99. The molecule has 0 bridgehead atoms. The van der Waals surface area contributed by atoms with Crippen LogP contribution < -0.4 is 16.0 Å². The molecule has 0 spiro atoms. The van der Waals surface area contributed by atoms with Crippen LogP contribution in [0.5, 0.6) is 0 Å². The third-order valence-electron chi connectivity index (χ3n) is 3.99. The standard InChI is InChI=1S/C16H28F7N3OS/c1-13(2,6-7-24-3)26-9-8-25-12(27)11-28-10-4-5-14(17,15(18,19)20)16(21,22)23/h24,26H,4-11H2,1-3H3,(H,25,27). The highest BCUT2D eigenvalue weighted by atomic mass is 32.2. The lowest BCUT2D eigenvalue weighted by atomic mass is 9.99. The largest absolute Gasteiger partial charge is 0.431 e. The Morgan fingerprint density at radius 1 is 0.893 bits per heavy atom. The minimum atomic E-state index is -6.03. The molecule has 0 aliphatic rings. The van der Waals surface area contributed by atoms with Crippen LogP contribution in [0.1, 0.15) is 33.1 Å². The van der Waals surface area contributed by atoms with Crippen LogP contribution in [0.15, 0.2) is 0 Å². The van der Waals surface area contributed by atoms with Gasteiger partial charge in [-0.1, -0.05) is 0 Å². The molecular formula is C16H28F7N3OS. The zero-order valence-corrected chi connectivity index (χ0v) is 16.9. The minimum absolute atomic E-state index is 0.125. The highest BCUT2D eigenvalue weighted by Crippen LogP contribution is 2.49. The van der Waals surface area contributed by atoms with Crippen LogP contribution in [0.4, 0.5) is 30.7 Å². The number of hydrogen-bond donors (Lipinski definition) is 3. The van der Waals surface area contributed by atoms with E-state index < -0.39 is 36.8 Å². The van der Waals surface area contributed by atoms with Gasteiger partial charge in [-0.3, -0.25) is 4.79 Å². The second-order valence-corrected chi connectivity index (χ2v) is 8.07. The molecule has 168 valence electrons. The van der Waals surface area contributed by atoms with Crippen LogP contribution in [0.25, 0.3) is 0 Å². The molecule has 0 atom stereocenters. The first kappa shape index (κ1) is 27.2. The molecule has 12 heteroatoms. The first-order valence-electron chi connectivity index (χ1n) is 8.73. The summed E-state index contributed by atoms with van der Waals surface area (Å²) in [6, 6.07) is 0. The van der Waals surface area contributed by atoms with Crippen molar-refractivity contribution in [3.8, 4) is 0 Å². The minimum Gasteiger partial charge on any atom is -0.354 e. The number of carbonyl (C=O) groups excluding carboxylic acids is 1. The number of amides is 1. The van der Waals surface area contributed by atoms with Gasteiger partial charge in [0.1, 0.15) is 0 Å². The highest BCUT2D eigenvalue weighted by Gasteiger charge is 2.71. The van der Waals surface area contributed by atoms with E-state index in [1.54, 1.807) is 0 Å². The van der Waals surface area contributed by atoms with Gasteiger partial charge in [-0.25, -0.2) is 4.39 Å². The van der Waals surface area contributed by atoms with Crippen molar-refractivity contribution < 1.29 is 35.5 Å². The van der Waals surface area contributed by atoms with Gasteiger partial charge in [0, 0.05) is 25.0 Å². The van der Waals surface area contributed by atoms with Crippen LogP contribution in [-0.4, -0.2) is 67.7 Å². The average molecular weight is 443 g/mol. The van der Waals surface area contributed by atoms with Crippen molar-refractivity contribution in [2.24, 2.45) is 0 Å². The predicted octanol–water partition coefficient (Wildman–Crippen LogP) is 3.43. The van der Waals surface area contributed by atoms with Crippen molar-refractivity contribution in [1.29, 1.82) is 0 Å². The van der Waals surface area contributed by atoms with Crippen molar-refractivity contribution in [3.63, 3.8) is 0 Å². The fourth-order valence-electron chi connectivity index (χ4n) is 2.21. The van der Waals surface area contributed by atoms with Gasteiger partial charge in [0.2, 0.25) is 5.91 Å². The average Bonchev–Trinajstić information content (AvgIpc) is 2.54. The molecule has 28 heavy (non-hydrogen) atoms. The van der Waals surface area contributed by atoms with Crippen molar-refractivity contribution in [2.75, 3.05) is 38.2 Å². The summed E-state index contributed by atoms with van der Waals surface area (Å²) in [5.74, 6) is -0.709. The number of nitrogens with one attached hydrogen (secondary N) is 3. The van der Waals surface area contributed by atoms with Crippen LogP contribution in [0.2, 0.25) is 0 Å². The van der Waals surface area contributed by atoms with E-state index in [0.29, 0.717) is 13.1 Å². The molecule has 4 nitrogen and oxygen atoms in total. The van der Waals surface area contributed by atoms with E-state index in [4.69, 9.17) is 0 Å². The molecule has 0 aliphatic heterocycles. The molecule has 0 radical (unpaired) electrons. The molecule has 0 fully saturated rings. The summed E-state index contributed by atoms with van der Waals surface area (Å²) in [6.07, 6.45) is -13.6. The Bertz CT molecular complexity index is 456. The summed E-state index contributed by atoms with van der Waals surface area (Å²) in [6.45, 7) is 5.68. The van der Waals surface area contributed by atoms with E-state index >= 15 is 0 Å². The van der Waals surface area contributed by atoms with Gasteiger partial charge < -0.3 is 16.0 Å². The molecule has 1 amide bonds. The van der Waals surface area contributed by atoms with Gasteiger partial charge in [0.15, 0.2) is 0 Å². The molecule has 0 saturated carbocycles. The maximum absolute atomic E-state index is 13.4. The molecule has 0 heterocycles. The number of carbonyl (C=O) groups is 1. The fourth-order valence-corrected chi connectivity index (χ4v) is 2.99. The van der Waals surface area contributed by atoms with E-state index in [1.165, 1.54) is 0 Å². The lowest BCUT2D eigenvalue weighted by molar-refractivity contribution is -0.343. The Hall–Kier alpha value is -0.750. The van der Waals surface area contributed by atoms with Gasteiger partial charge in [-0.15, -0.1) is 0 Å². The molecule has 0 aromatic carbocycles. The molecule has 0 aliphatic carbocycles. The molecule has 3 N–H and O–H groups in total. The van der Waals surface area contributed by atoms with Gasteiger partial charge in [0.05, 0.1) is 5.75 Å². The quantitative estimate of drug-likeness (QED) is 0.302. The number of alkyl halides is 7. The summed E-state index contributed by atoms with van der Waals surface area (Å²) in [4.78, 5) is 11.6. The predicted molar refractivity (Wildman–Crippen MR) is 96.1 cm³/mol. The Morgan fingerprint density at radius 3 is 1.96 bits per heavy atom. The third-order valence-corrected chi connectivity index (χ3v) is 5.04. The second kappa shape index (κ2) is 11.4. The molecule has 0 aromatic heterocycles. The number of hydrogen-bond acceptors (Lipinski definition) is 4. The Labute approximate surface area is 164 Å². The maximum atomic E-state index is 13.4. The van der Waals surface area contributed by atoms with E-state index in [2.05, 4.69) is 16.0 Å². The topological polar surface area (TPSA) is 53.2 Å². The molecule has 0 aromatic rings. The Morgan fingerprint density at radius 2 is 1.46 bits per heavy atom. The zero-order chi connectivity index (χ0) is 22.1. The Kier molecular flexibility index (Phi) is 11.1. The first-order valence-corrected chi connectivity index (χ1v) is 9.88. The van der Waals surface area contributed by atoms with Crippen molar-refractivity contribution in [2.45, 2.75) is 56.7 Å². The van der Waals surface area contributed by atoms with Crippen molar-refractivity contribution in [1.82, 2.24) is 16.0 Å². The summed E-state index contributed by atoms with van der Waals surface area (Å²) < 4.78 is 87.7. The van der Waals surface area contributed by atoms with Crippen LogP contribution in [0.3, 0.4) is 0 Å². The smallest absolute Gasteiger partial charge is 0.354 e. The van der Waals surface area contributed by atoms with Crippen LogP contribution >= 0.6 is 11.8 Å². The van der Waals surface area contributed by atoms with E-state index in [-0.39, 0.29) is 17.0 Å². The number of thioether (sulfide) groups is 1. The van der Waals surface area contributed by atoms with Gasteiger partial charge in [-0.05, 0) is 46.0 Å². The van der Waals surface area contributed by atoms with E-state index in [1.807, 2.05) is 20.9 Å². The Balaban J connectivity index is 4.05. The monoisotopic (exact) mass is 443 g/mol. The second-order valence-electron chi connectivity index (χ2n) is 6.97. The summed E-state index contributed by atoms with van der Waals surface area (Å²) >= 11 is 0.856. The van der Waals surface area contributed by atoms with Gasteiger partial charge >= 0.3 is 12.4 Å². The number of rotatable bonds is 13. The molecule has 0 saturated heterocycles. The fraction of sp³-hybridized carbons (Fsp3) is 0.938. The lowest BCUT2D eigenvalue weighted by Gasteiger charge is -2.29. The molecule has 0 unspecified atom stereocenters. The maximum Gasteiger partial charge on any atom is 0.431 e. The summed E-state index contributed by atoms with van der Waals surface area (Å²) in [5.41, 5.74) is -5.35. The summed E-state index contributed by atoms with van der Waals surface area (Å²) in [7, 11) is 1.84. The SMILES string of the molecule is CNCCC(C)(C)NCCNC(=O)CSCCCC(F)(C(F)(F)F)C(F)(F)F. The first-order chi connectivity index (χ1) is 12.7. The van der Waals surface area contributed by atoms with Crippen LogP contribution in [-0.2, 0) is 4.79 Å². The number of halogens is 7. The molecular weight excluding hydrogens is 415 g/mol. The normalized spacial score (nSPS) is 13.6. The van der Waals surface area contributed by atoms with E-state index in [9.17, 15) is 35.5 Å². The van der Waals surface area contributed by atoms with Gasteiger partial charge in [0.25, 0.3) is 5.67 Å². The van der Waals surface area contributed by atoms with E-state index in [0.717, 1.165) is 24.7 Å². The zero-order valence-electron chi connectivity index (χ0n) is 16.1.